The summed E-state index contributed by atoms with van der Waals surface area (Å²) in [4.78, 5) is 30.1. The summed E-state index contributed by atoms with van der Waals surface area (Å²) in [7, 11) is 0. The maximum Gasteiger partial charge on any atom is 0.239 e. The first-order chi connectivity index (χ1) is 12.0. The van der Waals surface area contributed by atoms with Crippen molar-refractivity contribution in [1.82, 2.24) is 24.5 Å². The van der Waals surface area contributed by atoms with Crippen LogP contribution in [0.4, 0.5) is 0 Å². The van der Waals surface area contributed by atoms with Gasteiger partial charge in [0.25, 0.3) is 0 Å². The highest BCUT2D eigenvalue weighted by Gasteiger charge is 2.32. The Balaban J connectivity index is 1.52. The number of nitrogens with zero attached hydrogens (tertiary/aromatic N) is 5. The number of amides is 2. The molecule has 138 valence electrons. The molecule has 0 bridgehead atoms. The first-order valence-electron chi connectivity index (χ1n) is 8.92. The van der Waals surface area contributed by atoms with Crippen LogP contribution in [0.1, 0.15) is 13.8 Å². The number of rotatable bonds is 4. The molecule has 0 N–H and O–H groups in total. The topological polar surface area (TPSA) is 70.9 Å². The number of carbonyl (C=O) groups excluding carboxylic acids is 2. The molecule has 0 aliphatic carbocycles. The molecule has 3 rings (SSSR count). The molecule has 0 aromatic carbocycles. The minimum absolute atomic E-state index is 0.0402. The lowest BCUT2D eigenvalue weighted by atomic mass is 10.1. The van der Waals surface area contributed by atoms with Crippen molar-refractivity contribution in [2.24, 2.45) is 0 Å². The fraction of sp³-hybridized carbons (Fsp3) is 0.706. The van der Waals surface area contributed by atoms with Crippen molar-refractivity contribution in [3.05, 3.63) is 18.5 Å². The smallest absolute Gasteiger partial charge is 0.239 e. The zero-order valence-corrected chi connectivity index (χ0v) is 15.0. The van der Waals surface area contributed by atoms with Crippen molar-refractivity contribution < 1.29 is 14.3 Å². The predicted molar refractivity (Wildman–Crippen MR) is 91.8 cm³/mol. The highest BCUT2D eigenvalue weighted by molar-refractivity contribution is 5.82. The maximum absolute atomic E-state index is 12.8. The lowest BCUT2D eigenvalue weighted by molar-refractivity contribution is -0.144. The van der Waals surface area contributed by atoms with Crippen LogP contribution in [0.5, 0.6) is 0 Å². The standard InChI is InChI=1S/C17H27N5O3/c1-14(17(24)20-8-6-19(7-9-20)15(2)23)21-10-11-25-16(12-21)13-22-5-3-4-18-22/h3-5,14,16H,6-13H2,1-2H3/t14-,16+/m1/s1. The Bertz CT molecular complexity index is 583. The van der Waals surface area contributed by atoms with Crippen molar-refractivity contribution in [2.45, 2.75) is 32.5 Å². The largest absolute Gasteiger partial charge is 0.374 e. The summed E-state index contributed by atoms with van der Waals surface area (Å²) < 4.78 is 7.69. The molecule has 0 unspecified atom stereocenters. The molecule has 25 heavy (non-hydrogen) atoms. The van der Waals surface area contributed by atoms with E-state index in [0.29, 0.717) is 39.3 Å². The van der Waals surface area contributed by atoms with Gasteiger partial charge in [0.2, 0.25) is 11.8 Å². The Hall–Kier alpha value is -1.93. The molecule has 1 aromatic rings. The summed E-state index contributed by atoms with van der Waals surface area (Å²) >= 11 is 0. The highest BCUT2D eigenvalue weighted by Crippen LogP contribution is 2.14. The van der Waals surface area contributed by atoms with Gasteiger partial charge in [0.1, 0.15) is 0 Å². The van der Waals surface area contributed by atoms with Crippen LogP contribution in [0.15, 0.2) is 18.5 Å². The Morgan fingerprint density at radius 3 is 2.56 bits per heavy atom. The van der Waals surface area contributed by atoms with Crippen molar-refractivity contribution in [3.8, 4) is 0 Å². The first kappa shape index (κ1) is 17.9. The second-order valence-corrected chi connectivity index (χ2v) is 6.72. The summed E-state index contributed by atoms with van der Waals surface area (Å²) in [6.07, 6.45) is 3.72. The van der Waals surface area contributed by atoms with E-state index in [2.05, 4.69) is 10.00 Å². The predicted octanol–water partition coefficient (Wildman–Crippen LogP) is -0.337. The van der Waals surface area contributed by atoms with Gasteiger partial charge in [0.15, 0.2) is 0 Å². The molecular weight excluding hydrogens is 322 g/mol. The normalized spacial score (nSPS) is 23.5. The van der Waals surface area contributed by atoms with Gasteiger partial charge in [-0.05, 0) is 13.0 Å². The van der Waals surface area contributed by atoms with Crippen molar-refractivity contribution in [2.75, 3.05) is 45.9 Å². The summed E-state index contributed by atoms with van der Waals surface area (Å²) in [6.45, 7) is 8.83. The third-order valence-corrected chi connectivity index (χ3v) is 5.06. The van der Waals surface area contributed by atoms with Crippen LogP contribution in [0.25, 0.3) is 0 Å². The third-order valence-electron chi connectivity index (χ3n) is 5.06. The SMILES string of the molecule is CC(=O)N1CCN(C(=O)[C@@H](C)N2CCO[C@H](Cn3cccn3)C2)CC1. The van der Waals surface area contributed by atoms with Crippen LogP contribution >= 0.6 is 0 Å². The van der Waals surface area contributed by atoms with Crippen LogP contribution in [-0.2, 0) is 20.9 Å². The van der Waals surface area contributed by atoms with Gasteiger partial charge >= 0.3 is 0 Å². The minimum Gasteiger partial charge on any atom is -0.374 e. The monoisotopic (exact) mass is 349 g/mol. The number of aromatic nitrogens is 2. The fourth-order valence-electron chi connectivity index (χ4n) is 3.48. The Labute approximate surface area is 148 Å². The lowest BCUT2D eigenvalue weighted by Gasteiger charge is -2.40. The van der Waals surface area contributed by atoms with Gasteiger partial charge in [-0.2, -0.15) is 5.10 Å². The quantitative estimate of drug-likeness (QED) is 0.744. The van der Waals surface area contributed by atoms with E-state index < -0.39 is 0 Å². The Morgan fingerprint density at radius 1 is 1.20 bits per heavy atom. The van der Waals surface area contributed by atoms with Crippen molar-refractivity contribution in [1.29, 1.82) is 0 Å². The van der Waals surface area contributed by atoms with E-state index in [0.717, 1.165) is 13.1 Å². The van der Waals surface area contributed by atoms with Gasteiger partial charge in [-0.25, -0.2) is 0 Å². The van der Waals surface area contributed by atoms with E-state index in [4.69, 9.17) is 4.74 Å². The molecule has 2 amide bonds. The summed E-state index contributed by atoms with van der Waals surface area (Å²) in [5.74, 6) is 0.220. The maximum atomic E-state index is 12.8. The van der Waals surface area contributed by atoms with Crippen LogP contribution in [0.3, 0.4) is 0 Å². The molecule has 2 fully saturated rings. The Kier molecular flexibility index (Phi) is 5.70. The van der Waals surface area contributed by atoms with Crippen molar-refractivity contribution in [3.63, 3.8) is 0 Å². The zero-order valence-electron chi connectivity index (χ0n) is 15.0. The molecular formula is C17H27N5O3. The fourth-order valence-corrected chi connectivity index (χ4v) is 3.48. The van der Waals surface area contributed by atoms with Gasteiger partial charge < -0.3 is 14.5 Å². The number of hydrogen-bond donors (Lipinski definition) is 0. The summed E-state index contributed by atoms with van der Waals surface area (Å²) in [5, 5.41) is 4.22. The molecule has 1 aromatic heterocycles. The van der Waals surface area contributed by atoms with Crippen LogP contribution in [-0.4, -0.2) is 94.3 Å². The number of hydrogen-bond acceptors (Lipinski definition) is 5. The molecule has 2 aliphatic rings. The van der Waals surface area contributed by atoms with Gasteiger partial charge in [-0.1, -0.05) is 0 Å². The molecule has 2 atom stereocenters. The van der Waals surface area contributed by atoms with Crippen LogP contribution in [0, 0.1) is 0 Å². The van der Waals surface area contributed by atoms with Gasteiger partial charge in [0.05, 0.1) is 25.3 Å². The molecule has 2 aliphatic heterocycles. The zero-order chi connectivity index (χ0) is 17.8. The Morgan fingerprint density at radius 2 is 1.92 bits per heavy atom. The number of piperazine rings is 1. The number of ether oxygens (including phenoxy) is 1. The average Bonchev–Trinajstić information content (AvgIpc) is 3.13. The second-order valence-electron chi connectivity index (χ2n) is 6.72. The van der Waals surface area contributed by atoms with E-state index in [1.54, 1.807) is 18.0 Å². The third kappa shape index (κ3) is 4.38. The summed E-state index contributed by atoms with van der Waals surface area (Å²) in [6, 6.07) is 1.72. The van der Waals surface area contributed by atoms with Gasteiger partial charge in [-0.3, -0.25) is 19.2 Å². The number of carbonyl (C=O) groups is 2. The van der Waals surface area contributed by atoms with E-state index in [9.17, 15) is 9.59 Å². The molecule has 8 nitrogen and oxygen atoms in total. The highest BCUT2D eigenvalue weighted by atomic mass is 16.5. The summed E-state index contributed by atoms with van der Waals surface area (Å²) in [5.41, 5.74) is 0. The van der Waals surface area contributed by atoms with Crippen LogP contribution < -0.4 is 0 Å². The molecule has 8 heteroatoms. The minimum atomic E-state index is -0.173. The first-order valence-corrected chi connectivity index (χ1v) is 8.92. The number of morpholine rings is 1. The second kappa shape index (κ2) is 7.97. The van der Waals surface area contributed by atoms with Gasteiger partial charge in [0, 0.05) is 58.6 Å². The molecule has 0 radical (unpaired) electrons. The van der Waals surface area contributed by atoms with Gasteiger partial charge in [-0.15, -0.1) is 0 Å². The molecule has 0 saturated carbocycles. The van der Waals surface area contributed by atoms with E-state index >= 15 is 0 Å². The molecule has 0 spiro atoms. The van der Waals surface area contributed by atoms with E-state index in [1.165, 1.54) is 0 Å². The lowest BCUT2D eigenvalue weighted by Crippen LogP contribution is -2.57. The van der Waals surface area contributed by atoms with Crippen LogP contribution in [0.2, 0.25) is 0 Å². The molecule has 3 heterocycles. The van der Waals surface area contributed by atoms with Crippen molar-refractivity contribution >= 4 is 11.8 Å². The van der Waals surface area contributed by atoms with E-state index in [1.807, 2.05) is 28.8 Å². The molecule has 2 saturated heterocycles. The average molecular weight is 349 g/mol. The van der Waals surface area contributed by atoms with E-state index in [-0.39, 0.29) is 24.0 Å².